The SMILES string of the molecule is Cc1c2c(nn1C)[C@H]1CC[C@@H](C2)N1C(=O)OC(C)(C)C. The summed E-state index contributed by atoms with van der Waals surface area (Å²) >= 11 is 0. The smallest absolute Gasteiger partial charge is 0.411 e. The molecule has 5 nitrogen and oxygen atoms in total. The van der Waals surface area contributed by atoms with E-state index in [0.29, 0.717) is 0 Å². The van der Waals surface area contributed by atoms with Crippen molar-refractivity contribution in [3.8, 4) is 0 Å². The van der Waals surface area contributed by atoms with Gasteiger partial charge in [-0.3, -0.25) is 9.58 Å². The molecule has 1 aromatic heterocycles. The maximum absolute atomic E-state index is 12.4. The Labute approximate surface area is 119 Å². The van der Waals surface area contributed by atoms with Crippen LogP contribution in [0.25, 0.3) is 0 Å². The average Bonchev–Trinajstić information content (AvgIpc) is 2.79. The molecule has 110 valence electrons. The monoisotopic (exact) mass is 277 g/mol. The number of hydrogen-bond acceptors (Lipinski definition) is 3. The Balaban J connectivity index is 1.91. The van der Waals surface area contributed by atoms with E-state index >= 15 is 0 Å². The molecule has 20 heavy (non-hydrogen) atoms. The van der Waals surface area contributed by atoms with Crippen molar-refractivity contribution in [1.29, 1.82) is 0 Å². The predicted molar refractivity (Wildman–Crippen MR) is 75.5 cm³/mol. The van der Waals surface area contributed by atoms with Gasteiger partial charge in [-0.1, -0.05) is 0 Å². The molecule has 0 aliphatic carbocycles. The molecule has 0 spiro atoms. The van der Waals surface area contributed by atoms with Gasteiger partial charge in [-0.05, 0) is 47.0 Å². The highest BCUT2D eigenvalue weighted by Crippen LogP contribution is 2.44. The van der Waals surface area contributed by atoms with E-state index in [1.807, 2.05) is 37.4 Å². The minimum absolute atomic E-state index is 0.0958. The molecule has 2 aliphatic heterocycles. The summed E-state index contributed by atoms with van der Waals surface area (Å²) < 4.78 is 7.49. The fourth-order valence-corrected chi connectivity index (χ4v) is 3.38. The molecular formula is C15H23N3O2. The third kappa shape index (κ3) is 2.00. The van der Waals surface area contributed by atoms with Crippen LogP contribution >= 0.6 is 0 Å². The predicted octanol–water partition coefficient (Wildman–Crippen LogP) is 2.73. The number of aryl methyl sites for hydroxylation is 1. The summed E-state index contributed by atoms with van der Waals surface area (Å²) in [7, 11) is 1.97. The Morgan fingerprint density at radius 3 is 2.70 bits per heavy atom. The van der Waals surface area contributed by atoms with E-state index in [4.69, 9.17) is 4.74 Å². The second-order valence-corrected chi connectivity index (χ2v) is 6.91. The summed E-state index contributed by atoms with van der Waals surface area (Å²) in [5.74, 6) is 0. The first-order chi connectivity index (χ1) is 9.28. The number of nitrogens with zero attached hydrogens (tertiary/aromatic N) is 3. The van der Waals surface area contributed by atoms with Crippen molar-refractivity contribution in [3.63, 3.8) is 0 Å². The molecule has 5 heteroatoms. The van der Waals surface area contributed by atoms with Gasteiger partial charge >= 0.3 is 6.09 Å². The van der Waals surface area contributed by atoms with Gasteiger partial charge < -0.3 is 4.74 Å². The van der Waals surface area contributed by atoms with Crippen LogP contribution in [0.5, 0.6) is 0 Å². The Morgan fingerprint density at radius 2 is 2.05 bits per heavy atom. The third-order valence-corrected chi connectivity index (χ3v) is 4.35. The van der Waals surface area contributed by atoms with Crippen molar-refractivity contribution in [2.45, 2.75) is 64.6 Å². The topological polar surface area (TPSA) is 47.4 Å². The molecule has 1 amide bonds. The zero-order valence-corrected chi connectivity index (χ0v) is 12.9. The molecule has 3 rings (SSSR count). The molecular weight excluding hydrogens is 254 g/mol. The fraction of sp³-hybridized carbons (Fsp3) is 0.733. The van der Waals surface area contributed by atoms with Gasteiger partial charge in [-0.15, -0.1) is 0 Å². The van der Waals surface area contributed by atoms with Crippen molar-refractivity contribution < 1.29 is 9.53 Å². The number of ether oxygens (including phenoxy) is 1. The zero-order valence-electron chi connectivity index (χ0n) is 12.9. The van der Waals surface area contributed by atoms with E-state index in [-0.39, 0.29) is 18.2 Å². The van der Waals surface area contributed by atoms with Crippen molar-refractivity contribution in [2.24, 2.45) is 7.05 Å². The lowest BCUT2D eigenvalue weighted by Gasteiger charge is -2.35. The summed E-state index contributed by atoms with van der Waals surface area (Å²) in [6, 6.07) is 0.365. The van der Waals surface area contributed by atoms with Crippen LogP contribution in [0.1, 0.15) is 56.6 Å². The highest BCUT2D eigenvalue weighted by Gasteiger charge is 2.46. The molecule has 0 aromatic carbocycles. The molecule has 0 unspecified atom stereocenters. The van der Waals surface area contributed by atoms with Crippen LogP contribution in [-0.4, -0.2) is 32.4 Å². The van der Waals surface area contributed by atoms with Crippen LogP contribution in [0.15, 0.2) is 0 Å². The molecule has 0 radical (unpaired) electrons. The molecule has 2 bridgehead atoms. The quantitative estimate of drug-likeness (QED) is 0.732. The van der Waals surface area contributed by atoms with Crippen LogP contribution in [0, 0.1) is 6.92 Å². The first-order valence-corrected chi connectivity index (χ1v) is 7.31. The Morgan fingerprint density at radius 1 is 1.35 bits per heavy atom. The molecule has 0 saturated carbocycles. The molecule has 2 atom stereocenters. The van der Waals surface area contributed by atoms with Gasteiger partial charge in [0.15, 0.2) is 0 Å². The zero-order chi connectivity index (χ0) is 14.7. The van der Waals surface area contributed by atoms with E-state index in [0.717, 1.165) is 25.0 Å². The van der Waals surface area contributed by atoms with E-state index in [1.165, 1.54) is 11.3 Å². The van der Waals surface area contributed by atoms with Crippen molar-refractivity contribution in [3.05, 3.63) is 17.0 Å². The van der Waals surface area contributed by atoms with Crippen molar-refractivity contribution in [2.75, 3.05) is 0 Å². The van der Waals surface area contributed by atoms with Crippen molar-refractivity contribution in [1.82, 2.24) is 14.7 Å². The normalized spacial score (nSPS) is 24.8. The second-order valence-electron chi connectivity index (χ2n) is 6.91. The molecule has 0 N–H and O–H groups in total. The number of fused-ring (bicyclic) bond motifs is 4. The highest BCUT2D eigenvalue weighted by atomic mass is 16.6. The maximum atomic E-state index is 12.4. The van der Waals surface area contributed by atoms with Crippen LogP contribution in [0.2, 0.25) is 0 Å². The number of amides is 1. The van der Waals surface area contributed by atoms with Gasteiger partial charge in [0.25, 0.3) is 0 Å². The lowest BCUT2D eigenvalue weighted by Crippen LogP contribution is -2.44. The van der Waals surface area contributed by atoms with Gasteiger partial charge in [0.1, 0.15) is 5.60 Å². The first kappa shape index (κ1) is 13.5. The molecule has 1 aromatic rings. The van der Waals surface area contributed by atoms with E-state index in [9.17, 15) is 4.79 Å². The number of carbonyl (C=O) groups is 1. The van der Waals surface area contributed by atoms with Gasteiger partial charge in [-0.25, -0.2) is 4.79 Å². The van der Waals surface area contributed by atoms with Gasteiger partial charge in [0.05, 0.1) is 11.7 Å². The minimum Gasteiger partial charge on any atom is -0.444 e. The lowest BCUT2D eigenvalue weighted by atomic mass is 9.98. The summed E-state index contributed by atoms with van der Waals surface area (Å²) in [5, 5.41) is 4.63. The summed E-state index contributed by atoms with van der Waals surface area (Å²) in [4.78, 5) is 14.4. The summed E-state index contributed by atoms with van der Waals surface area (Å²) in [6.07, 6.45) is 2.75. The van der Waals surface area contributed by atoms with E-state index in [1.54, 1.807) is 0 Å². The summed E-state index contributed by atoms with van der Waals surface area (Å²) in [6.45, 7) is 7.84. The van der Waals surface area contributed by atoms with Gasteiger partial charge in [0, 0.05) is 24.3 Å². The largest absolute Gasteiger partial charge is 0.444 e. The molecule has 1 saturated heterocycles. The number of hydrogen-bond donors (Lipinski definition) is 0. The number of aromatic nitrogens is 2. The van der Waals surface area contributed by atoms with Gasteiger partial charge in [-0.2, -0.15) is 5.10 Å². The van der Waals surface area contributed by atoms with Crippen LogP contribution in [0.3, 0.4) is 0 Å². The molecule has 2 aliphatic rings. The lowest BCUT2D eigenvalue weighted by molar-refractivity contribution is 0.0120. The van der Waals surface area contributed by atoms with Crippen LogP contribution < -0.4 is 0 Å². The van der Waals surface area contributed by atoms with Crippen LogP contribution in [-0.2, 0) is 18.2 Å². The summed E-state index contributed by atoms with van der Waals surface area (Å²) in [5.41, 5.74) is 3.18. The number of carbonyl (C=O) groups excluding carboxylic acids is 1. The fourth-order valence-electron chi connectivity index (χ4n) is 3.38. The average molecular weight is 277 g/mol. The first-order valence-electron chi connectivity index (χ1n) is 7.31. The number of rotatable bonds is 0. The standard InChI is InChI=1S/C15H23N3O2/c1-9-11-8-10-6-7-12(13(11)16-17(9)5)18(10)14(19)20-15(2,3)4/h10,12H,6-8H2,1-5H3/t10-,12+/m0/s1. The molecule has 3 heterocycles. The van der Waals surface area contributed by atoms with Crippen LogP contribution in [0.4, 0.5) is 4.79 Å². The maximum Gasteiger partial charge on any atom is 0.411 e. The molecule has 1 fully saturated rings. The van der Waals surface area contributed by atoms with Gasteiger partial charge in [0.2, 0.25) is 0 Å². The second kappa shape index (κ2) is 4.24. The van der Waals surface area contributed by atoms with Crippen molar-refractivity contribution >= 4 is 6.09 Å². The Hall–Kier alpha value is -1.52. The third-order valence-electron chi connectivity index (χ3n) is 4.35. The Kier molecular flexibility index (Phi) is 2.85. The minimum atomic E-state index is -0.448. The highest BCUT2D eigenvalue weighted by molar-refractivity contribution is 5.70. The van der Waals surface area contributed by atoms with E-state index < -0.39 is 5.60 Å². The van der Waals surface area contributed by atoms with E-state index in [2.05, 4.69) is 12.0 Å². The Bertz CT molecular complexity index is 556.